The molecular formula is C24H30ClN5O2. The Labute approximate surface area is 194 Å². The summed E-state index contributed by atoms with van der Waals surface area (Å²) in [6, 6.07) is 11.5. The van der Waals surface area contributed by atoms with Gasteiger partial charge in [-0.25, -0.2) is 0 Å². The van der Waals surface area contributed by atoms with Gasteiger partial charge in [-0.3, -0.25) is 9.59 Å². The number of halogens is 1. The van der Waals surface area contributed by atoms with Crippen molar-refractivity contribution in [3.05, 3.63) is 41.4 Å². The van der Waals surface area contributed by atoms with Crippen molar-refractivity contribution in [2.45, 2.75) is 32.6 Å². The second kappa shape index (κ2) is 10.3. The molecule has 7 nitrogen and oxygen atoms in total. The molecule has 1 aromatic carbocycles. The molecule has 2 heterocycles. The summed E-state index contributed by atoms with van der Waals surface area (Å²) in [4.78, 5) is 31.2. The first-order valence-corrected chi connectivity index (χ1v) is 11.8. The number of carbonyl (C=O) groups is 2. The van der Waals surface area contributed by atoms with E-state index in [1.807, 2.05) is 41.3 Å². The van der Waals surface area contributed by atoms with Crippen LogP contribution in [-0.4, -0.2) is 71.1 Å². The minimum Gasteiger partial charge on any atom is -0.352 e. The van der Waals surface area contributed by atoms with Crippen LogP contribution in [-0.2, 0) is 9.59 Å². The molecule has 0 N–H and O–H groups in total. The Hall–Kier alpha value is -2.67. The van der Waals surface area contributed by atoms with Crippen LogP contribution in [0.15, 0.2) is 36.4 Å². The fraction of sp³-hybridized carbons (Fsp3) is 0.500. The molecule has 0 unspecified atom stereocenters. The van der Waals surface area contributed by atoms with Gasteiger partial charge in [0.1, 0.15) is 0 Å². The van der Waals surface area contributed by atoms with Gasteiger partial charge in [0.05, 0.1) is 17.3 Å². The molecule has 2 aliphatic rings. The van der Waals surface area contributed by atoms with Crippen LogP contribution in [0.2, 0.25) is 5.02 Å². The van der Waals surface area contributed by atoms with E-state index in [-0.39, 0.29) is 24.3 Å². The van der Waals surface area contributed by atoms with Crippen LogP contribution >= 0.6 is 11.6 Å². The minimum atomic E-state index is 0.0369. The molecule has 8 heteroatoms. The predicted octanol–water partition coefficient (Wildman–Crippen LogP) is 3.48. The molecule has 32 heavy (non-hydrogen) atoms. The highest BCUT2D eigenvalue weighted by Gasteiger charge is 2.34. The molecule has 0 bridgehead atoms. The molecule has 2 fully saturated rings. The Bertz CT molecular complexity index is 940. The molecule has 1 aromatic heterocycles. The predicted molar refractivity (Wildman–Crippen MR) is 125 cm³/mol. The van der Waals surface area contributed by atoms with Crippen molar-refractivity contribution in [3.63, 3.8) is 0 Å². The first-order valence-electron chi connectivity index (χ1n) is 11.5. The largest absolute Gasteiger partial charge is 0.352 e. The Morgan fingerprint density at radius 3 is 2.44 bits per heavy atom. The fourth-order valence-electron chi connectivity index (χ4n) is 3.96. The smallest absolute Gasteiger partial charge is 0.242 e. The molecule has 1 aliphatic carbocycles. The van der Waals surface area contributed by atoms with Gasteiger partial charge in [-0.05, 0) is 37.5 Å². The normalized spacial score (nSPS) is 16.2. The lowest BCUT2D eigenvalue weighted by Gasteiger charge is -2.36. The molecule has 170 valence electrons. The zero-order valence-corrected chi connectivity index (χ0v) is 19.3. The van der Waals surface area contributed by atoms with Crippen molar-refractivity contribution < 1.29 is 9.59 Å². The van der Waals surface area contributed by atoms with E-state index < -0.39 is 0 Å². The van der Waals surface area contributed by atoms with Gasteiger partial charge in [0, 0.05) is 44.2 Å². The lowest BCUT2D eigenvalue weighted by molar-refractivity contribution is -0.141. The molecule has 4 rings (SSSR count). The third kappa shape index (κ3) is 5.38. The number of nitrogens with zero attached hydrogens (tertiary/aromatic N) is 5. The summed E-state index contributed by atoms with van der Waals surface area (Å²) in [6.07, 6.45) is 3.87. The zero-order chi connectivity index (χ0) is 22.5. The quantitative estimate of drug-likeness (QED) is 0.609. The molecule has 0 radical (unpaired) electrons. The van der Waals surface area contributed by atoms with Gasteiger partial charge in [-0.1, -0.05) is 43.1 Å². The second-order valence-corrected chi connectivity index (χ2v) is 8.92. The number of benzene rings is 1. The summed E-state index contributed by atoms with van der Waals surface area (Å²) in [5.74, 6) is 1.12. The molecule has 0 atom stereocenters. The van der Waals surface area contributed by atoms with E-state index in [1.165, 1.54) is 0 Å². The monoisotopic (exact) mass is 455 g/mol. The van der Waals surface area contributed by atoms with Gasteiger partial charge in [-0.2, -0.15) is 0 Å². The second-order valence-electron chi connectivity index (χ2n) is 8.51. The Morgan fingerprint density at radius 2 is 1.81 bits per heavy atom. The fourth-order valence-corrected chi connectivity index (χ4v) is 4.19. The van der Waals surface area contributed by atoms with E-state index >= 15 is 0 Å². The lowest BCUT2D eigenvalue weighted by atomic mass is 10.1. The number of amides is 2. The van der Waals surface area contributed by atoms with E-state index in [1.54, 1.807) is 4.90 Å². The number of aromatic nitrogens is 2. The van der Waals surface area contributed by atoms with E-state index in [4.69, 9.17) is 11.6 Å². The first kappa shape index (κ1) is 22.5. The first-order chi connectivity index (χ1) is 15.6. The summed E-state index contributed by atoms with van der Waals surface area (Å²) in [7, 11) is 0. The highest BCUT2D eigenvalue weighted by molar-refractivity contribution is 6.33. The average molecular weight is 456 g/mol. The van der Waals surface area contributed by atoms with E-state index in [2.05, 4.69) is 22.0 Å². The summed E-state index contributed by atoms with van der Waals surface area (Å²) >= 11 is 6.26. The molecule has 2 aromatic rings. The number of anilines is 1. The highest BCUT2D eigenvalue weighted by atomic mass is 35.5. The van der Waals surface area contributed by atoms with Crippen molar-refractivity contribution in [3.8, 4) is 11.3 Å². The maximum absolute atomic E-state index is 12.9. The Kier molecular flexibility index (Phi) is 7.25. The molecule has 1 saturated heterocycles. The number of hydrogen-bond acceptors (Lipinski definition) is 5. The lowest BCUT2D eigenvalue weighted by Crippen LogP contribution is -2.52. The van der Waals surface area contributed by atoms with Crippen molar-refractivity contribution in [1.29, 1.82) is 0 Å². The highest BCUT2D eigenvalue weighted by Crippen LogP contribution is 2.31. The average Bonchev–Trinajstić information content (AvgIpc) is 3.67. The maximum atomic E-state index is 12.9. The number of unbranched alkanes of at least 4 members (excludes halogenated alkanes) is 1. The maximum Gasteiger partial charge on any atom is 0.242 e. The SMILES string of the molecule is CCCCN(CC(=O)N1CCN(c2ccc(-c3ccccc3Cl)nn2)CC1)C(=O)C1CC1. The standard InChI is InChI=1S/C24H30ClN5O2/c1-2-3-12-30(24(32)18-8-9-18)17-23(31)29-15-13-28(14-16-29)22-11-10-21(26-27-22)19-6-4-5-7-20(19)25/h4-7,10-11,18H,2-3,8-9,12-17H2,1H3. The van der Waals surface area contributed by atoms with Gasteiger partial charge < -0.3 is 14.7 Å². The molecule has 1 saturated carbocycles. The van der Waals surface area contributed by atoms with Crippen LogP contribution in [0.4, 0.5) is 5.82 Å². The molecule has 2 amide bonds. The van der Waals surface area contributed by atoms with Crippen LogP contribution in [0.3, 0.4) is 0 Å². The number of hydrogen-bond donors (Lipinski definition) is 0. The van der Waals surface area contributed by atoms with Gasteiger partial charge >= 0.3 is 0 Å². The zero-order valence-electron chi connectivity index (χ0n) is 18.5. The number of rotatable bonds is 8. The van der Waals surface area contributed by atoms with E-state index in [9.17, 15) is 9.59 Å². The summed E-state index contributed by atoms with van der Waals surface area (Å²) in [5.41, 5.74) is 1.60. The van der Waals surface area contributed by atoms with Crippen molar-refractivity contribution in [2.75, 3.05) is 44.2 Å². The summed E-state index contributed by atoms with van der Waals surface area (Å²) < 4.78 is 0. The van der Waals surface area contributed by atoms with Gasteiger partial charge in [0.25, 0.3) is 0 Å². The third-order valence-electron chi connectivity index (χ3n) is 6.10. The number of piperazine rings is 1. The number of carbonyl (C=O) groups excluding carboxylic acids is 2. The van der Waals surface area contributed by atoms with Crippen LogP contribution < -0.4 is 4.90 Å². The van der Waals surface area contributed by atoms with Crippen molar-refractivity contribution >= 4 is 29.2 Å². The third-order valence-corrected chi connectivity index (χ3v) is 6.43. The van der Waals surface area contributed by atoms with Crippen LogP contribution in [0.25, 0.3) is 11.3 Å². The molecule has 0 spiro atoms. The Balaban J connectivity index is 1.31. The van der Waals surface area contributed by atoms with Gasteiger partial charge in [0.2, 0.25) is 11.8 Å². The Morgan fingerprint density at radius 1 is 1.06 bits per heavy atom. The van der Waals surface area contributed by atoms with Crippen LogP contribution in [0.1, 0.15) is 32.6 Å². The van der Waals surface area contributed by atoms with Crippen molar-refractivity contribution in [2.24, 2.45) is 5.92 Å². The topological polar surface area (TPSA) is 69.6 Å². The van der Waals surface area contributed by atoms with E-state index in [0.29, 0.717) is 37.7 Å². The van der Waals surface area contributed by atoms with E-state index in [0.717, 1.165) is 42.8 Å². The summed E-state index contributed by atoms with van der Waals surface area (Å²) in [5, 5.41) is 9.38. The van der Waals surface area contributed by atoms with Gasteiger partial charge in [-0.15, -0.1) is 10.2 Å². The van der Waals surface area contributed by atoms with Crippen LogP contribution in [0, 0.1) is 5.92 Å². The summed E-state index contributed by atoms with van der Waals surface area (Å²) in [6.45, 7) is 5.59. The van der Waals surface area contributed by atoms with Crippen molar-refractivity contribution in [1.82, 2.24) is 20.0 Å². The minimum absolute atomic E-state index is 0.0369. The molecular weight excluding hydrogens is 426 g/mol. The van der Waals surface area contributed by atoms with Gasteiger partial charge in [0.15, 0.2) is 5.82 Å². The van der Waals surface area contributed by atoms with Crippen LogP contribution in [0.5, 0.6) is 0 Å². The molecule has 1 aliphatic heterocycles.